The summed E-state index contributed by atoms with van der Waals surface area (Å²) in [6.07, 6.45) is 5.42. The van der Waals surface area contributed by atoms with Crippen molar-refractivity contribution < 1.29 is 4.79 Å². The van der Waals surface area contributed by atoms with E-state index < -0.39 is 0 Å². The monoisotopic (exact) mass is 307 g/mol. The van der Waals surface area contributed by atoms with Crippen LogP contribution in [0.1, 0.15) is 10.4 Å². The zero-order valence-electron chi connectivity index (χ0n) is 12.6. The van der Waals surface area contributed by atoms with Crippen molar-refractivity contribution in [3.8, 4) is 11.1 Å². The minimum absolute atomic E-state index is 0.0936. The van der Waals surface area contributed by atoms with Crippen LogP contribution in [0.25, 0.3) is 16.8 Å². The summed E-state index contributed by atoms with van der Waals surface area (Å²) in [6, 6.07) is 9.53. The van der Waals surface area contributed by atoms with Crippen LogP contribution in [0.3, 0.4) is 0 Å². The third-order valence-electron chi connectivity index (χ3n) is 4.13. The lowest BCUT2D eigenvalue weighted by atomic mass is 10.1. The van der Waals surface area contributed by atoms with Crippen molar-refractivity contribution in [1.29, 1.82) is 0 Å². The molecule has 1 amide bonds. The number of nitrogens with zero attached hydrogens (tertiary/aromatic N) is 4. The molecule has 1 aliphatic heterocycles. The Morgan fingerprint density at radius 3 is 2.70 bits per heavy atom. The molecule has 0 aliphatic carbocycles. The average molecular weight is 307 g/mol. The van der Waals surface area contributed by atoms with Crippen molar-refractivity contribution in [2.45, 2.75) is 0 Å². The van der Waals surface area contributed by atoms with Crippen LogP contribution < -0.4 is 5.32 Å². The van der Waals surface area contributed by atoms with Crippen molar-refractivity contribution in [3.63, 3.8) is 0 Å². The molecular weight excluding hydrogens is 290 g/mol. The molecule has 0 spiro atoms. The van der Waals surface area contributed by atoms with Crippen molar-refractivity contribution in [3.05, 3.63) is 54.5 Å². The lowest BCUT2D eigenvalue weighted by molar-refractivity contribution is 0.0736. The Bertz CT molecular complexity index is 834. The largest absolute Gasteiger partial charge is 0.336 e. The molecule has 116 valence electrons. The predicted molar refractivity (Wildman–Crippen MR) is 87.2 cm³/mol. The first-order valence-corrected chi connectivity index (χ1v) is 7.72. The number of piperazine rings is 1. The third kappa shape index (κ3) is 2.57. The molecule has 1 aromatic carbocycles. The summed E-state index contributed by atoms with van der Waals surface area (Å²) in [6.45, 7) is 3.24. The highest BCUT2D eigenvalue weighted by Crippen LogP contribution is 2.23. The van der Waals surface area contributed by atoms with Crippen LogP contribution in [-0.4, -0.2) is 51.6 Å². The van der Waals surface area contributed by atoms with Gasteiger partial charge in [0.25, 0.3) is 5.91 Å². The highest BCUT2D eigenvalue weighted by atomic mass is 16.2. The molecular formula is C17H17N5O. The number of hydrogen-bond donors (Lipinski definition) is 1. The topological polar surface area (TPSA) is 62.5 Å². The summed E-state index contributed by atoms with van der Waals surface area (Å²) < 4.78 is 1.75. The van der Waals surface area contributed by atoms with E-state index in [1.54, 1.807) is 16.9 Å². The van der Waals surface area contributed by atoms with E-state index in [0.29, 0.717) is 0 Å². The lowest BCUT2D eigenvalue weighted by Crippen LogP contribution is -2.46. The zero-order valence-corrected chi connectivity index (χ0v) is 12.6. The Kier molecular flexibility index (Phi) is 3.51. The van der Waals surface area contributed by atoms with Gasteiger partial charge in [0.15, 0.2) is 5.65 Å². The van der Waals surface area contributed by atoms with Gasteiger partial charge < -0.3 is 10.2 Å². The first kappa shape index (κ1) is 13.9. The molecule has 0 saturated carbocycles. The number of benzene rings is 1. The van der Waals surface area contributed by atoms with Crippen molar-refractivity contribution >= 4 is 11.6 Å². The predicted octanol–water partition coefficient (Wildman–Crippen LogP) is 1.44. The highest BCUT2D eigenvalue weighted by Gasteiger charge is 2.18. The normalized spacial score (nSPS) is 15.0. The number of amides is 1. The van der Waals surface area contributed by atoms with Gasteiger partial charge in [-0.05, 0) is 23.8 Å². The molecule has 0 bridgehead atoms. The second-order valence-electron chi connectivity index (χ2n) is 5.57. The molecule has 4 rings (SSSR count). The summed E-state index contributed by atoms with van der Waals surface area (Å²) in [5, 5.41) is 7.55. The highest BCUT2D eigenvalue weighted by molar-refractivity contribution is 5.95. The summed E-state index contributed by atoms with van der Waals surface area (Å²) in [4.78, 5) is 18.7. The SMILES string of the molecule is O=C(c1ccc(-c2cnn3cccnc23)cc1)N1CCNCC1. The maximum absolute atomic E-state index is 12.5. The van der Waals surface area contributed by atoms with Gasteiger partial charge in [-0.3, -0.25) is 4.79 Å². The number of nitrogens with one attached hydrogen (secondary N) is 1. The van der Waals surface area contributed by atoms with Crippen LogP contribution in [0.5, 0.6) is 0 Å². The van der Waals surface area contributed by atoms with E-state index in [1.807, 2.05) is 41.4 Å². The molecule has 2 aromatic heterocycles. The Balaban J connectivity index is 1.61. The fourth-order valence-corrected chi connectivity index (χ4v) is 2.87. The first-order valence-electron chi connectivity index (χ1n) is 7.72. The van der Waals surface area contributed by atoms with Crippen LogP contribution >= 0.6 is 0 Å². The lowest BCUT2D eigenvalue weighted by Gasteiger charge is -2.27. The second-order valence-corrected chi connectivity index (χ2v) is 5.57. The van der Waals surface area contributed by atoms with E-state index >= 15 is 0 Å². The molecule has 6 nitrogen and oxygen atoms in total. The minimum atomic E-state index is 0.0936. The van der Waals surface area contributed by atoms with Crippen molar-refractivity contribution in [1.82, 2.24) is 24.8 Å². The van der Waals surface area contributed by atoms with Gasteiger partial charge in [-0.2, -0.15) is 5.10 Å². The van der Waals surface area contributed by atoms with Gasteiger partial charge in [0.05, 0.1) is 6.20 Å². The van der Waals surface area contributed by atoms with Gasteiger partial charge in [-0.25, -0.2) is 9.50 Å². The number of carbonyl (C=O) groups excluding carboxylic acids is 1. The number of hydrogen-bond acceptors (Lipinski definition) is 4. The molecule has 0 unspecified atom stereocenters. The molecule has 3 heterocycles. The fraction of sp³-hybridized carbons (Fsp3) is 0.235. The van der Waals surface area contributed by atoms with Crippen LogP contribution in [0, 0.1) is 0 Å². The fourth-order valence-electron chi connectivity index (χ4n) is 2.87. The summed E-state index contributed by atoms with van der Waals surface area (Å²) in [7, 11) is 0. The molecule has 0 atom stereocenters. The van der Waals surface area contributed by atoms with E-state index in [-0.39, 0.29) is 5.91 Å². The van der Waals surface area contributed by atoms with Crippen molar-refractivity contribution in [2.24, 2.45) is 0 Å². The summed E-state index contributed by atoms with van der Waals surface area (Å²) >= 11 is 0. The van der Waals surface area contributed by atoms with Crippen LogP contribution in [-0.2, 0) is 0 Å². The summed E-state index contributed by atoms with van der Waals surface area (Å²) in [5.74, 6) is 0.0936. The standard InChI is InChI=1S/C17H17N5O/c23-17(21-10-7-18-8-11-21)14-4-2-13(3-5-14)15-12-20-22-9-1-6-19-16(15)22/h1-6,9,12,18H,7-8,10-11H2. The zero-order chi connectivity index (χ0) is 15.6. The molecule has 1 saturated heterocycles. The molecule has 6 heteroatoms. The molecule has 0 radical (unpaired) electrons. The van der Waals surface area contributed by atoms with Gasteiger partial charge in [0.1, 0.15) is 0 Å². The van der Waals surface area contributed by atoms with E-state index in [4.69, 9.17) is 0 Å². The first-order chi connectivity index (χ1) is 11.3. The van der Waals surface area contributed by atoms with Crippen molar-refractivity contribution in [2.75, 3.05) is 26.2 Å². The Morgan fingerprint density at radius 2 is 1.91 bits per heavy atom. The molecule has 1 N–H and O–H groups in total. The van der Waals surface area contributed by atoms with Gasteiger partial charge in [0.2, 0.25) is 0 Å². The number of carbonyl (C=O) groups is 1. The second kappa shape index (κ2) is 5.81. The quantitative estimate of drug-likeness (QED) is 0.778. The van der Waals surface area contributed by atoms with E-state index in [1.165, 1.54) is 0 Å². The maximum Gasteiger partial charge on any atom is 0.253 e. The third-order valence-corrected chi connectivity index (χ3v) is 4.13. The van der Waals surface area contributed by atoms with Crippen LogP contribution in [0.2, 0.25) is 0 Å². The Morgan fingerprint density at radius 1 is 1.13 bits per heavy atom. The molecule has 3 aromatic rings. The number of rotatable bonds is 2. The smallest absolute Gasteiger partial charge is 0.253 e. The van der Waals surface area contributed by atoms with E-state index in [2.05, 4.69) is 15.4 Å². The van der Waals surface area contributed by atoms with Gasteiger partial charge in [-0.15, -0.1) is 0 Å². The van der Waals surface area contributed by atoms with Crippen LogP contribution in [0.15, 0.2) is 48.9 Å². The Hall–Kier alpha value is -2.73. The van der Waals surface area contributed by atoms with Gasteiger partial charge >= 0.3 is 0 Å². The van der Waals surface area contributed by atoms with Gasteiger partial charge in [-0.1, -0.05) is 12.1 Å². The summed E-state index contributed by atoms with van der Waals surface area (Å²) in [5.41, 5.74) is 3.51. The molecule has 1 fully saturated rings. The van der Waals surface area contributed by atoms with E-state index in [0.717, 1.165) is 48.5 Å². The molecule has 1 aliphatic rings. The van der Waals surface area contributed by atoms with Gasteiger partial charge in [0, 0.05) is 49.7 Å². The van der Waals surface area contributed by atoms with Crippen LogP contribution in [0.4, 0.5) is 0 Å². The number of aromatic nitrogens is 3. The molecule has 23 heavy (non-hydrogen) atoms. The number of fused-ring (bicyclic) bond motifs is 1. The minimum Gasteiger partial charge on any atom is -0.336 e. The Labute approximate surface area is 133 Å². The maximum atomic E-state index is 12.5. The van der Waals surface area contributed by atoms with E-state index in [9.17, 15) is 4.79 Å². The average Bonchev–Trinajstić information content (AvgIpc) is 3.06.